The quantitative estimate of drug-likeness (QED) is 0.731. The summed E-state index contributed by atoms with van der Waals surface area (Å²) in [5.41, 5.74) is 8.04. The largest absolute Gasteiger partial charge is 0.497 e. The van der Waals surface area contributed by atoms with E-state index < -0.39 is 0 Å². The van der Waals surface area contributed by atoms with E-state index in [2.05, 4.69) is 26.1 Å². The van der Waals surface area contributed by atoms with Gasteiger partial charge in [-0.3, -0.25) is 0 Å². The van der Waals surface area contributed by atoms with Gasteiger partial charge in [0.05, 0.1) is 7.11 Å². The van der Waals surface area contributed by atoms with Crippen LogP contribution in [-0.2, 0) is 0 Å². The maximum atomic E-state index is 5.82. The summed E-state index contributed by atoms with van der Waals surface area (Å²) in [6, 6.07) is 13.0. The van der Waals surface area contributed by atoms with E-state index in [1.165, 1.54) is 0 Å². The Bertz CT molecular complexity index is 766. The van der Waals surface area contributed by atoms with Crippen LogP contribution in [-0.4, -0.2) is 17.3 Å². The summed E-state index contributed by atoms with van der Waals surface area (Å²) in [4.78, 5) is 4.40. The lowest BCUT2D eigenvalue weighted by molar-refractivity contribution is 0.414. The number of aromatic nitrogens is 2. The molecule has 1 heterocycles. The molecule has 3 rings (SSSR count). The third-order valence-corrected chi connectivity index (χ3v) is 3.38. The molecule has 0 bridgehead atoms. The first-order chi connectivity index (χ1) is 10.2. The van der Waals surface area contributed by atoms with Gasteiger partial charge in [-0.05, 0) is 30.3 Å². The zero-order valence-corrected chi connectivity index (χ0v) is 12.8. The molecule has 1 aromatic heterocycles. The van der Waals surface area contributed by atoms with Crippen molar-refractivity contribution in [3.63, 3.8) is 0 Å². The molecule has 21 heavy (non-hydrogen) atoms. The summed E-state index contributed by atoms with van der Waals surface area (Å²) >= 11 is 3.39. The molecule has 5 nitrogen and oxygen atoms in total. The maximum absolute atomic E-state index is 5.82. The van der Waals surface area contributed by atoms with E-state index in [0.29, 0.717) is 17.4 Å². The van der Waals surface area contributed by atoms with Gasteiger partial charge in [0.25, 0.3) is 5.89 Å². The number of hydrogen-bond donors (Lipinski definition) is 1. The van der Waals surface area contributed by atoms with E-state index in [-0.39, 0.29) is 0 Å². The van der Waals surface area contributed by atoms with Crippen LogP contribution < -0.4 is 10.5 Å². The predicted octanol–water partition coefficient (Wildman–Crippen LogP) is 3.76. The molecule has 3 aromatic rings. The van der Waals surface area contributed by atoms with Gasteiger partial charge >= 0.3 is 0 Å². The van der Waals surface area contributed by atoms with Crippen molar-refractivity contribution in [3.05, 3.63) is 46.9 Å². The van der Waals surface area contributed by atoms with E-state index in [9.17, 15) is 0 Å². The Morgan fingerprint density at radius 2 is 2.00 bits per heavy atom. The summed E-state index contributed by atoms with van der Waals surface area (Å²) in [6.07, 6.45) is 0. The van der Waals surface area contributed by atoms with Crippen LogP contribution in [0.1, 0.15) is 0 Å². The highest BCUT2D eigenvalue weighted by Crippen LogP contribution is 2.28. The summed E-state index contributed by atoms with van der Waals surface area (Å²) in [5, 5.41) is 4.00. The first-order valence-corrected chi connectivity index (χ1v) is 6.99. The lowest BCUT2D eigenvalue weighted by atomic mass is 10.2. The van der Waals surface area contributed by atoms with Gasteiger partial charge in [0, 0.05) is 21.3 Å². The summed E-state index contributed by atoms with van der Waals surface area (Å²) in [6.45, 7) is 0. The number of rotatable bonds is 3. The Labute approximate surface area is 129 Å². The molecule has 0 saturated carbocycles. The molecule has 0 aliphatic rings. The Balaban J connectivity index is 1.99. The highest BCUT2D eigenvalue weighted by molar-refractivity contribution is 9.10. The lowest BCUT2D eigenvalue weighted by Gasteiger charge is -2.00. The maximum Gasteiger partial charge on any atom is 0.258 e. The topological polar surface area (TPSA) is 74.2 Å². The molecule has 0 aliphatic heterocycles. The van der Waals surface area contributed by atoms with Crippen molar-refractivity contribution in [3.8, 4) is 28.6 Å². The number of hydrogen-bond acceptors (Lipinski definition) is 5. The van der Waals surface area contributed by atoms with Crippen molar-refractivity contribution in [1.29, 1.82) is 0 Å². The second-order valence-corrected chi connectivity index (χ2v) is 5.34. The molecule has 0 spiro atoms. The van der Waals surface area contributed by atoms with E-state index in [0.717, 1.165) is 21.3 Å². The van der Waals surface area contributed by atoms with Crippen molar-refractivity contribution in [2.45, 2.75) is 0 Å². The standard InChI is InChI=1S/C15H12BrN3O2/c1-20-13-4-2-3-9(7-13)14-18-15(21-19-14)10-5-11(16)8-12(17)6-10/h2-8H,17H2,1H3. The number of nitrogen functional groups attached to an aromatic ring is 1. The van der Waals surface area contributed by atoms with Crippen LogP contribution in [0, 0.1) is 0 Å². The molecular formula is C15H12BrN3O2. The van der Waals surface area contributed by atoms with Crippen molar-refractivity contribution >= 4 is 21.6 Å². The predicted molar refractivity (Wildman–Crippen MR) is 83.8 cm³/mol. The Morgan fingerprint density at radius 1 is 1.14 bits per heavy atom. The van der Waals surface area contributed by atoms with Crippen molar-refractivity contribution in [2.24, 2.45) is 0 Å². The molecule has 0 aliphatic carbocycles. The van der Waals surface area contributed by atoms with Gasteiger partial charge in [0.1, 0.15) is 5.75 Å². The van der Waals surface area contributed by atoms with E-state index in [1.807, 2.05) is 36.4 Å². The van der Waals surface area contributed by atoms with Crippen molar-refractivity contribution < 1.29 is 9.26 Å². The van der Waals surface area contributed by atoms with Gasteiger partial charge < -0.3 is 15.0 Å². The minimum atomic E-state index is 0.417. The van der Waals surface area contributed by atoms with Gasteiger partial charge in [-0.1, -0.05) is 33.2 Å². The number of nitrogens with zero attached hydrogens (tertiary/aromatic N) is 2. The Hall–Kier alpha value is -2.34. The smallest absolute Gasteiger partial charge is 0.258 e. The number of benzene rings is 2. The minimum absolute atomic E-state index is 0.417. The number of nitrogens with two attached hydrogens (primary N) is 1. The van der Waals surface area contributed by atoms with Crippen LogP contribution in [0.4, 0.5) is 5.69 Å². The van der Waals surface area contributed by atoms with Crippen LogP contribution in [0.25, 0.3) is 22.8 Å². The SMILES string of the molecule is COc1cccc(-c2noc(-c3cc(N)cc(Br)c3)n2)c1. The first kappa shape index (κ1) is 13.6. The summed E-state index contributed by atoms with van der Waals surface area (Å²) in [5.74, 6) is 1.66. The van der Waals surface area contributed by atoms with Crippen LogP contribution in [0.5, 0.6) is 5.75 Å². The number of halogens is 1. The average molecular weight is 346 g/mol. The molecule has 106 valence electrons. The van der Waals surface area contributed by atoms with Gasteiger partial charge in [0.2, 0.25) is 5.82 Å². The van der Waals surface area contributed by atoms with E-state index >= 15 is 0 Å². The highest BCUT2D eigenvalue weighted by Gasteiger charge is 2.12. The van der Waals surface area contributed by atoms with Crippen molar-refractivity contribution in [1.82, 2.24) is 10.1 Å². The molecule has 0 fully saturated rings. The van der Waals surface area contributed by atoms with Crippen molar-refractivity contribution in [2.75, 3.05) is 12.8 Å². The fraction of sp³-hybridized carbons (Fsp3) is 0.0667. The first-order valence-electron chi connectivity index (χ1n) is 6.20. The third-order valence-electron chi connectivity index (χ3n) is 2.92. The van der Waals surface area contributed by atoms with Crippen LogP contribution in [0.3, 0.4) is 0 Å². The molecule has 2 aromatic carbocycles. The number of methoxy groups -OCH3 is 1. The van der Waals surface area contributed by atoms with Crippen LogP contribution in [0.15, 0.2) is 51.5 Å². The van der Waals surface area contributed by atoms with Gasteiger partial charge in [-0.15, -0.1) is 0 Å². The molecule has 2 N–H and O–H groups in total. The Morgan fingerprint density at radius 3 is 2.76 bits per heavy atom. The molecule has 0 unspecified atom stereocenters. The van der Waals surface area contributed by atoms with E-state index in [1.54, 1.807) is 13.2 Å². The second-order valence-electron chi connectivity index (χ2n) is 4.43. The number of anilines is 1. The molecule has 0 amide bonds. The van der Waals surface area contributed by atoms with Crippen LogP contribution in [0.2, 0.25) is 0 Å². The van der Waals surface area contributed by atoms with E-state index in [4.69, 9.17) is 15.0 Å². The minimum Gasteiger partial charge on any atom is -0.497 e. The summed E-state index contributed by atoms with van der Waals surface area (Å²) in [7, 11) is 1.62. The van der Waals surface area contributed by atoms with Gasteiger partial charge in [0.15, 0.2) is 0 Å². The fourth-order valence-corrected chi connectivity index (χ4v) is 2.47. The van der Waals surface area contributed by atoms with Crippen LogP contribution >= 0.6 is 15.9 Å². The van der Waals surface area contributed by atoms with Gasteiger partial charge in [-0.25, -0.2) is 0 Å². The molecule has 0 saturated heterocycles. The normalized spacial score (nSPS) is 10.6. The lowest BCUT2D eigenvalue weighted by Crippen LogP contribution is -1.87. The summed E-state index contributed by atoms with van der Waals surface area (Å²) < 4.78 is 11.4. The second kappa shape index (κ2) is 5.57. The molecular weight excluding hydrogens is 334 g/mol. The monoisotopic (exact) mass is 345 g/mol. The Kier molecular flexibility index (Phi) is 3.62. The van der Waals surface area contributed by atoms with Gasteiger partial charge in [-0.2, -0.15) is 4.98 Å². The zero-order chi connectivity index (χ0) is 14.8. The zero-order valence-electron chi connectivity index (χ0n) is 11.2. The third kappa shape index (κ3) is 2.90. The number of ether oxygens (including phenoxy) is 1. The fourth-order valence-electron chi connectivity index (χ4n) is 1.96. The molecule has 0 atom stereocenters. The molecule has 0 radical (unpaired) electrons. The molecule has 6 heteroatoms. The average Bonchev–Trinajstić information content (AvgIpc) is 2.96. The highest BCUT2D eigenvalue weighted by atomic mass is 79.9.